The Morgan fingerprint density at radius 1 is 1.18 bits per heavy atom. The van der Waals surface area contributed by atoms with Crippen LogP contribution in [-0.2, 0) is 6.18 Å². The van der Waals surface area contributed by atoms with Crippen LogP contribution in [0.2, 0.25) is 0 Å². The van der Waals surface area contributed by atoms with Crippen molar-refractivity contribution in [1.82, 2.24) is 9.97 Å². The van der Waals surface area contributed by atoms with Crippen LogP contribution in [-0.4, -0.2) is 28.6 Å². The van der Waals surface area contributed by atoms with E-state index in [0.717, 1.165) is 16.4 Å². The quantitative estimate of drug-likeness (QED) is 0.521. The average Bonchev–Trinajstić information content (AvgIpc) is 2.43. The van der Waals surface area contributed by atoms with Crippen LogP contribution in [0.15, 0.2) is 12.1 Å². The first-order valence-electron chi connectivity index (χ1n) is 6.53. The van der Waals surface area contributed by atoms with Gasteiger partial charge in [0.1, 0.15) is 0 Å². The monoisotopic (exact) mass is 425 g/mol. The Hall–Kier alpha value is -1.32. The fraction of sp³-hybridized carbons (Fsp3) is 0.429. The molecule has 4 nitrogen and oxygen atoms in total. The number of hydrogen-bond acceptors (Lipinski definition) is 4. The second kappa shape index (κ2) is 5.71. The number of halogens is 4. The summed E-state index contributed by atoms with van der Waals surface area (Å²) in [5.41, 5.74) is 1.06. The molecule has 1 aliphatic rings. The van der Waals surface area contributed by atoms with Crippen LogP contribution in [0.1, 0.15) is 21.7 Å². The molecule has 1 aromatic carbocycles. The molecule has 8 heteroatoms. The van der Waals surface area contributed by atoms with Crippen LogP contribution >= 0.6 is 0 Å². The summed E-state index contributed by atoms with van der Waals surface area (Å²) in [7, 11) is 2.83. The summed E-state index contributed by atoms with van der Waals surface area (Å²) in [5, 5.41) is 0.488. The van der Waals surface area contributed by atoms with Gasteiger partial charge in [-0.25, -0.2) is 0 Å². The summed E-state index contributed by atoms with van der Waals surface area (Å²) in [6.45, 7) is 0. The van der Waals surface area contributed by atoms with Gasteiger partial charge in [-0.2, -0.15) is 0 Å². The fourth-order valence-corrected chi connectivity index (χ4v) is 4.66. The SMILES string of the molecule is COc1ccc2c(OC)nc(C(F)(F)F)nc2c1C1CC[I-]1. The van der Waals surface area contributed by atoms with Crippen LogP contribution in [0.25, 0.3) is 10.9 Å². The van der Waals surface area contributed by atoms with Gasteiger partial charge >= 0.3 is 135 Å². The van der Waals surface area contributed by atoms with E-state index < -0.39 is 12.0 Å². The van der Waals surface area contributed by atoms with Gasteiger partial charge in [0.2, 0.25) is 0 Å². The van der Waals surface area contributed by atoms with Crippen LogP contribution < -0.4 is 30.7 Å². The van der Waals surface area contributed by atoms with Crippen molar-refractivity contribution < 1.29 is 43.9 Å². The number of alkyl halides is 5. The fourth-order valence-electron chi connectivity index (χ4n) is 2.37. The summed E-state index contributed by atoms with van der Waals surface area (Å²) < 4.78 is 50.9. The Morgan fingerprint density at radius 3 is 2.41 bits per heavy atom. The van der Waals surface area contributed by atoms with E-state index >= 15 is 0 Å². The van der Waals surface area contributed by atoms with Crippen molar-refractivity contribution in [2.24, 2.45) is 0 Å². The second-order valence-corrected chi connectivity index (χ2v) is 8.19. The summed E-state index contributed by atoms with van der Waals surface area (Å²) in [6.07, 6.45) is -3.65. The summed E-state index contributed by atoms with van der Waals surface area (Å²) in [6, 6.07) is 3.40. The number of hydrogen-bond donors (Lipinski definition) is 0. The molecule has 3 rings (SSSR count). The predicted octanol–water partition coefficient (Wildman–Crippen LogP) is 0.200. The molecule has 0 radical (unpaired) electrons. The zero-order valence-corrected chi connectivity index (χ0v) is 14.0. The number of aromatic nitrogens is 2. The molecule has 0 saturated carbocycles. The zero-order valence-electron chi connectivity index (χ0n) is 11.9. The van der Waals surface area contributed by atoms with Crippen LogP contribution in [0.4, 0.5) is 13.2 Å². The first kappa shape index (κ1) is 15.6. The number of ether oxygens (including phenoxy) is 2. The zero-order chi connectivity index (χ0) is 15.9. The average molecular weight is 425 g/mol. The van der Waals surface area contributed by atoms with Gasteiger partial charge in [-0.15, -0.1) is 0 Å². The molecular formula is C14H13F3IN2O2-. The molecule has 0 spiro atoms. The second-order valence-electron chi connectivity index (χ2n) is 4.73. The molecule has 1 aliphatic heterocycles. The Kier molecular flexibility index (Phi) is 4.04. The predicted molar refractivity (Wildman–Crippen MR) is 69.9 cm³/mol. The van der Waals surface area contributed by atoms with Gasteiger partial charge in [0.15, 0.2) is 0 Å². The van der Waals surface area contributed by atoms with Crippen LogP contribution in [0.5, 0.6) is 11.6 Å². The first-order chi connectivity index (χ1) is 10.5. The van der Waals surface area contributed by atoms with Crippen molar-refractivity contribution in [2.75, 3.05) is 18.6 Å². The van der Waals surface area contributed by atoms with Crippen molar-refractivity contribution in [3.63, 3.8) is 0 Å². The van der Waals surface area contributed by atoms with E-state index in [9.17, 15) is 13.2 Å². The van der Waals surface area contributed by atoms with E-state index in [1.54, 1.807) is 12.1 Å². The third-order valence-corrected chi connectivity index (χ3v) is 7.03. The molecule has 22 heavy (non-hydrogen) atoms. The number of nitrogens with zero attached hydrogens (tertiary/aromatic N) is 2. The van der Waals surface area contributed by atoms with Gasteiger partial charge in [-0.1, -0.05) is 0 Å². The topological polar surface area (TPSA) is 44.2 Å². The Balaban J connectivity index is 2.33. The van der Waals surface area contributed by atoms with E-state index in [-0.39, 0.29) is 31.0 Å². The summed E-state index contributed by atoms with van der Waals surface area (Å²) >= 11 is -0.0667. The van der Waals surface area contributed by atoms with Crippen molar-refractivity contribution >= 4 is 10.9 Å². The minimum atomic E-state index is -4.61. The van der Waals surface area contributed by atoms with E-state index in [2.05, 4.69) is 9.97 Å². The number of benzene rings is 1. The van der Waals surface area contributed by atoms with Crippen molar-refractivity contribution in [1.29, 1.82) is 0 Å². The molecule has 120 valence electrons. The van der Waals surface area contributed by atoms with Crippen LogP contribution in [0, 0.1) is 0 Å². The molecule has 2 heterocycles. The van der Waals surface area contributed by atoms with Crippen molar-refractivity contribution in [2.45, 2.75) is 16.5 Å². The molecule has 0 aliphatic carbocycles. The molecular weight excluding hydrogens is 412 g/mol. The first-order valence-corrected chi connectivity index (χ1v) is 9.30. The van der Waals surface area contributed by atoms with E-state index in [1.165, 1.54) is 14.2 Å². The van der Waals surface area contributed by atoms with Crippen molar-refractivity contribution in [3.8, 4) is 11.6 Å². The van der Waals surface area contributed by atoms with Gasteiger partial charge in [0, 0.05) is 0 Å². The molecule has 0 N–H and O–H groups in total. The minimum absolute atomic E-state index is 0.0567. The van der Waals surface area contributed by atoms with Gasteiger partial charge in [0.25, 0.3) is 0 Å². The molecule has 1 aromatic heterocycles. The molecule has 1 saturated heterocycles. The van der Waals surface area contributed by atoms with Crippen LogP contribution in [0.3, 0.4) is 0 Å². The molecule has 2 aromatic rings. The van der Waals surface area contributed by atoms with Crippen molar-refractivity contribution in [3.05, 3.63) is 23.5 Å². The number of fused-ring (bicyclic) bond motifs is 1. The van der Waals surface area contributed by atoms with E-state index in [4.69, 9.17) is 9.47 Å². The molecule has 1 unspecified atom stereocenters. The van der Waals surface area contributed by atoms with Gasteiger partial charge in [0.05, 0.1) is 0 Å². The maximum absolute atomic E-state index is 13.0. The number of rotatable bonds is 3. The van der Waals surface area contributed by atoms with E-state index in [1.807, 2.05) is 0 Å². The summed E-state index contributed by atoms with van der Waals surface area (Å²) in [4.78, 5) is 7.29. The maximum atomic E-state index is 13.0. The van der Waals surface area contributed by atoms with Gasteiger partial charge < -0.3 is 0 Å². The third-order valence-electron chi connectivity index (χ3n) is 3.47. The molecule has 0 bridgehead atoms. The standard InChI is InChI=1S/C14H13F3IN2O2/c1-21-9-4-3-7-11(10(9)8-5-6-18-8)19-13(14(15,16)17)20-12(7)22-2/h3-4,8H,5-6H2,1-2H3/q-1. The van der Waals surface area contributed by atoms with E-state index in [0.29, 0.717) is 16.7 Å². The Labute approximate surface area is 135 Å². The Morgan fingerprint density at radius 2 is 1.91 bits per heavy atom. The molecule has 0 amide bonds. The van der Waals surface area contributed by atoms with Gasteiger partial charge in [-0.3, -0.25) is 0 Å². The normalized spacial score (nSPS) is 18.5. The number of methoxy groups -OCH3 is 2. The van der Waals surface area contributed by atoms with Gasteiger partial charge in [-0.05, 0) is 0 Å². The third kappa shape index (κ3) is 2.57. The summed E-state index contributed by atoms with van der Waals surface area (Å²) in [5.74, 6) is -0.645. The molecule has 1 fully saturated rings. The Bertz CT molecular complexity index is 717. The molecule has 1 atom stereocenters.